The third kappa shape index (κ3) is 2.43. The number of fused-ring (bicyclic) bond motifs is 1. The van der Waals surface area contributed by atoms with Gasteiger partial charge in [-0.1, -0.05) is 17.7 Å². The van der Waals surface area contributed by atoms with Gasteiger partial charge in [0.05, 0.1) is 15.9 Å². The van der Waals surface area contributed by atoms with Crippen molar-refractivity contribution >= 4 is 22.5 Å². The quantitative estimate of drug-likeness (QED) is 0.850. The van der Waals surface area contributed by atoms with Gasteiger partial charge >= 0.3 is 5.69 Å². The van der Waals surface area contributed by atoms with Crippen LogP contribution in [0.25, 0.3) is 10.9 Å². The first-order valence-corrected chi connectivity index (χ1v) is 6.48. The number of hydrogen-bond acceptors (Lipinski definition) is 3. The molecule has 0 spiro atoms. The molecular weight excluding hydrogens is 266 g/mol. The highest BCUT2D eigenvalue weighted by Gasteiger charge is 2.12. The minimum atomic E-state index is -0.332. The van der Waals surface area contributed by atoms with Crippen LogP contribution in [0.5, 0.6) is 0 Å². The highest BCUT2D eigenvalue weighted by molar-refractivity contribution is 6.35. The van der Waals surface area contributed by atoms with Gasteiger partial charge in [-0.15, -0.1) is 0 Å². The summed E-state index contributed by atoms with van der Waals surface area (Å²) in [6.07, 6.45) is 0.720. The van der Waals surface area contributed by atoms with Crippen LogP contribution >= 0.6 is 11.6 Å². The van der Waals surface area contributed by atoms with Crippen molar-refractivity contribution in [2.24, 2.45) is 7.05 Å². The molecule has 5 nitrogen and oxygen atoms in total. The predicted octanol–water partition coefficient (Wildman–Crippen LogP) is 0.963. The molecule has 0 radical (unpaired) electrons. The zero-order valence-corrected chi connectivity index (χ0v) is 11.7. The smallest absolute Gasteiger partial charge is 0.320 e. The molecule has 2 rings (SSSR count). The van der Waals surface area contributed by atoms with E-state index in [9.17, 15) is 9.59 Å². The van der Waals surface area contributed by atoms with Crippen LogP contribution in [0.15, 0.2) is 27.8 Å². The number of aromatic nitrogens is 2. The molecule has 0 amide bonds. The third-order valence-corrected chi connectivity index (χ3v) is 3.43. The summed E-state index contributed by atoms with van der Waals surface area (Å²) >= 11 is 6.07. The van der Waals surface area contributed by atoms with Crippen molar-refractivity contribution in [3.63, 3.8) is 0 Å². The second-order valence-corrected chi connectivity index (χ2v) is 4.80. The number of aryl methyl sites for hydroxylation is 1. The molecule has 1 aromatic carbocycles. The Morgan fingerprint density at radius 2 is 2.05 bits per heavy atom. The van der Waals surface area contributed by atoms with Crippen molar-refractivity contribution in [1.82, 2.24) is 14.5 Å². The summed E-state index contributed by atoms with van der Waals surface area (Å²) in [5.41, 5.74) is -0.123. The van der Waals surface area contributed by atoms with Crippen molar-refractivity contribution in [2.45, 2.75) is 13.0 Å². The van der Waals surface area contributed by atoms with E-state index in [1.807, 2.05) is 7.05 Å². The van der Waals surface area contributed by atoms with Crippen LogP contribution in [0.1, 0.15) is 6.42 Å². The number of hydrogen-bond donors (Lipinski definition) is 1. The molecule has 0 bridgehead atoms. The summed E-state index contributed by atoms with van der Waals surface area (Å²) in [6.45, 7) is 1.15. The summed E-state index contributed by atoms with van der Waals surface area (Å²) in [5, 5.41) is 3.88. The summed E-state index contributed by atoms with van der Waals surface area (Å²) in [4.78, 5) is 24.5. The number of benzene rings is 1. The SMILES string of the molecule is CNCCCn1c(=O)c2cccc(Cl)c2n(C)c1=O. The topological polar surface area (TPSA) is 56.0 Å². The maximum Gasteiger partial charge on any atom is 0.331 e. The Kier molecular flexibility index (Phi) is 4.07. The normalized spacial score (nSPS) is 11.1. The molecule has 0 saturated heterocycles. The number of nitrogens with one attached hydrogen (secondary N) is 1. The molecule has 0 aliphatic carbocycles. The van der Waals surface area contributed by atoms with E-state index in [2.05, 4.69) is 5.32 Å². The lowest BCUT2D eigenvalue weighted by Gasteiger charge is -2.11. The van der Waals surface area contributed by atoms with Gasteiger partial charge in [-0.05, 0) is 32.1 Å². The van der Waals surface area contributed by atoms with Crippen LogP contribution in [-0.4, -0.2) is 22.7 Å². The fourth-order valence-corrected chi connectivity index (χ4v) is 2.45. The molecule has 6 heteroatoms. The van der Waals surface area contributed by atoms with Crippen molar-refractivity contribution in [3.05, 3.63) is 44.1 Å². The Bertz CT molecular complexity index is 718. The first-order valence-electron chi connectivity index (χ1n) is 6.10. The van der Waals surface area contributed by atoms with Gasteiger partial charge < -0.3 is 5.32 Å². The highest BCUT2D eigenvalue weighted by Crippen LogP contribution is 2.18. The Hall–Kier alpha value is -1.59. The molecule has 19 heavy (non-hydrogen) atoms. The molecule has 0 unspecified atom stereocenters. The molecule has 0 saturated carbocycles. The van der Waals surface area contributed by atoms with Crippen LogP contribution in [-0.2, 0) is 13.6 Å². The van der Waals surface area contributed by atoms with E-state index < -0.39 is 0 Å². The van der Waals surface area contributed by atoms with E-state index in [0.29, 0.717) is 22.5 Å². The minimum absolute atomic E-state index is 0.281. The van der Waals surface area contributed by atoms with Gasteiger partial charge in [0.25, 0.3) is 5.56 Å². The number of para-hydroxylation sites is 1. The second-order valence-electron chi connectivity index (χ2n) is 4.39. The first kappa shape index (κ1) is 13.8. The monoisotopic (exact) mass is 281 g/mol. The molecule has 0 atom stereocenters. The molecule has 1 N–H and O–H groups in total. The molecule has 0 fully saturated rings. The van der Waals surface area contributed by atoms with Gasteiger partial charge in [0.15, 0.2) is 0 Å². The maximum atomic E-state index is 12.3. The summed E-state index contributed by atoms with van der Waals surface area (Å²) in [5.74, 6) is 0. The molecule has 102 valence electrons. The zero-order valence-electron chi connectivity index (χ0n) is 10.9. The molecule has 0 aliphatic heterocycles. The Balaban J connectivity index is 2.68. The van der Waals surface area contributed by atoms with Crippen LogP contribution in [0.4, 0.5) is 0 Å². The summed E-state index contributed by atoms with van der Waals surface area (Å²) in [7, 11) is 3.46. The van der Waals surface area contributed by atoms with Gasteiger partial charge in [0.1, 0.15) is 0 Å². The van der Waals surface area contributed by atoms with Gasteiger partial charge in [-0.2, -0.15) is 0 Å². The van der Waals surface area contributed by atoms with E-state index in [-0.39, 0.29) is 11.2 Å². The average Bonchev–Trinajstić information content (AvgIpc) is 2.40. The lowest BCUT2D eigenvalue weighted by molar-refractivity contribution is 0.560. The van der Waals surface area contributed by atoms with Gasteiger partial charge in [-0.3, -0.25) is 13.9 Å². The molecule has 1 aromatic heterocycles. The lowest BCUT2D eigenvalue weighted by Crippen LogP contribution is -2.39. The Morgan fingerprint density at radius 1 is 1.32 bits per heavy atom. The zero-order chi connectivity index (χ0) is 14.0. The van der Waals surface area contributed by atoms with E-state index in [0.717, 1.165) is 13.0 Å². The van der Waals surface area contributed by atoms with Crippen molar-refractivity contribution in [1.29, 1.82) is 0 Å². The van der Waals surface area contributed by atoms with Crippen LogP contribution in [0.2, 0.25) is 5.02 Å². The lowest BCUT2D eigenvalue weighted by atomic mass is 10.2. The standard InChI is InChI=1S/C13H16ClN3O2/c1-15-7-4-8-17-12(18)9-5-3-6-10(14)11(9)16(2)13(17)19/h3,5-6,15H,4,7-8H2,1-2H3. The maximum absolute atomic E-state index is 12.3. The predicted molar refractivity (Wildman–Crippen MR) is 77.0 cm³/mol. The number of rotatable bonds is 4. The van der Waals surface area contributed by atoms with Crippen LogP contribution in [0.3, 0.4) is 0 Å². The molecule has 1 heterocycles. The van der Waals surface area contributed by atoms with Crippen LogP contribution in [0, 0.1) is 0 Å². The van der Waals surface area contributed by atoms with Crippen molar-refractivity contribution in [2.75, 3.05) is 13.6 Å². The first-order chi connectivity index (χ1) is 9.07. The average molecular weight is 282 g/mol. The minimum Gasteiger partial charge on any atom is -0.320 e. The van der Waals surface area contributed by atoms with E-state index in [1.165, 1.54) is 9.13 Å². The molecule has 2 aromatic rings. The largest absolute Gasteiger partial charge is 0.331 e. The van der Waals surface area contributed by atoms with Gasteiger partial charge in [-0.25, -0.2) is 4.79 Å². The second kappa shape index (κ2) is 5.59. The number of nitrogens with zero attached hydrogens (tertiary/aromatic N) is 2. The number of halogens is 1. The summed E-state index contributed by atoms with van der Waals surface area (Å²) < 4.78 is 2.69. The van der Waals surface area contributed by atoms with E-state index >= 15 is 0 Å². The van der Waals surface area contributed by atoms with Gasteiger partial charge in [0.2, 0.25) is 0 Å². The molecule has 0 aliphatic rings. The third-order valence-electron chi connectivity index (χ3n) is 3.12. The Labute approximate surface area is 115 Å². The van der Waals surface area contributed by atoms with Gasteiger partial charge in [0, 0.05) is 13.6 Å². The van der Waals surface area contributed by atoms with E-state index in [4.69, 9.17) is 11.6 Å². The van der Waals surface area contributed by atoms with Crippen LogP contribution < -0.4 is 16.6 Å². The van der Waals surface area contributed by atoms with Crippen molar-refractivity contribution in [3.8, 4) is 0 Å². The fraction of sp³-hybridized carbons (Fsp3) is 0.385. The summed E-state index contributed by atoms with van der Waals surface area (Å²) in [6, 6.07) is 5.08. The Morgan fingerprint density at radius 3 is 2.74 bits per heavy atom. The van der Waals surface area contributed by atoms with Crippen molar-refractivity contribution < 1.29 is 0 Å². The fourth-order valence-electron chi connectivity index (χ4n) is 2.15. The van der Waals surface area contributed by atoms with E-state index in [1.54, 1.807) is 25.2 Å². The molecular formula is C13H16ClN3O2. The highest BCUT2D eigenvalue weighted by atomic mass is 35.5.